The van der Waals surface area contributed by atoms with Crippen molar-refractivity contribution in [2.75, 3.05) is 0 Å². The van der Waals surface area contributed by atoms with Crippen LogP contribution in [0.1, 0.15) is 21.5 Å². The summed E-state index contributed by atoms with van der Waals surface area (Å²) >= 11 is 3.33. The first-order chi connectivity index (χ1) is 12.6. The van der Waals surface area contributed by atoms with Crippen molar-refractivity contribution in [1.82, 2.24) is 0 Å². The van der Waals surface area contributed by atoms with E-state index in [0.717, 1.165) is 15.7 Å². The fourth-order valence-corrected chi connectivity index (χ4v) is 2.41. The number of hydrogen-bond acceptors (Lipinski definition) is 4. The van der Waals surface area contributed by atoms with E-state index in [0.29, 0.717) is 16.9 Å². The highest BCUT2D eigenvalue weighted by Gasteiger charge is 2.08. The largest absolute Gasteiger partial charge is 0.423 e. The average molecular weight is 405 g/mol. The monoisotopic (exact) mass is 404 g/mol. The van der Waals surface area contributed by atoms with E-state index in [1.54, 1.807) is 66.9 Å². The summed E-state index contributed by atoms with van der Waals surface area (Å²) in [5, 5.41) is 8.78. The molecule has 0 aliphatic heterocycles. The number of rotatable bonds is 4. The van der Waals surface area contributed by atoms with Crippen molar-refractivity contribution in [2.24, 2.45) is 4.99 Å². The maximum absolute atomic E-state index is 12.1. The number of halogens is 1. The van der Waals surface area contributed by atoms with Crippen molar-refractivity contribution in [3.8, 4) is 11.8 Å². The molecule has 3 aromatic carbocycles. The minimum absolute atomic E-state index is 0.406. The maximum atomic E-state index is 12.1. The van der Waals surface area contributed by atoms with Crippen LogP contribution in [0.5, 0.6) is 5.75 Å². The van der Waals surface area contributed by atoms with Crippen molar-refractivity contribution in [3.05, 3.63) is 94.0 Å². The van der Waals surface area contributed by atoms with Gasteiger partial charge in [0, 0.05) is 10.7 Å². The van der Waals surface area contributed by atoms with Crippen LogP contribution in [0, 0.1) is 11.3 Å². The number of nitrogens with zero attached hydrogens (tertiary/aromatic N) is 2. The van der Waals surface area contributed by atoms with Crippen LogP contribution in [0.2, 0.25) is 0 Å². The molecule has 0 atom stereocenters. The lowest BCUT2D eigenvalue weighted by atomic mass is 10.2. The molecule has 126 valence electrons. The molecule has 0 unspecified atom stereocenters. The second-order valence-electron chi connectivity index (χ2n) is 5.38. The number of ether oxygens (including phenoxy) is 1. The zero-order valence-corrected chi connectivity index (χ0v) is 15.2. The first-order valence-electron chi connectivity index (χ1n) is 7.76. The number of hydrogen-bond donors (Lipinski definition) is 0. The van der Waals surface area contributed by atoms with Crippen LogP contribution in [0.4, 0.5) is 5.69 Å². The first kappa shape index (κ1) is 17.6. The molecule has 0 amide bonds. The van der Waals surface area contributed by atoms with Gasteiger partial charge in [0.1, 0.15) is 5.75 Å². The average Bonchev–Trinajstić information content (AvgIpc) is 2.68. The quantitative estimate of drug-likeness (QED) is 0.337. The fraction of sp³-hybridized carbons (Fsp3) is 0. The Morgan fingerprint density at radius 1 is 0.962 bits per heavy atom. The van der Waals surface area contributed by atoms with Crippen LogP contribution < -0.4 is 4.74 Å². The maximum Gasteiger partial charge on any atom is 0.343 e. The van der Waals surface area contributed by atoms with Gasteiger partial charge in [-0.15, -0.1) is 0 Å². The third-order valence-corrected chi connectivity index (χ3v) is 4.06. The standard InChI is InChI=1S/C21H13BrN2O2/c22-18-7-5-17(6-8-18)21(25)26-20-11-3-16(4-12-20)14-24-19-9-1-15(13-23)2-10-19/h1-12,14H. The molecule has 0 aromatic heterocycles. The van der Waals surface area contributed by atoms with Crippen LogP contribution in [-0.4, -0.2) is 12.2 Å². The number of aliphatic imine (C=N–C) groups is 1. The van der Waals surface area contributed by atoms with E-state index in [1.165, 1.54) is 0 Å². The van der Waals surface area contributed by atoms with E-state index < -0.39 is 5.97 Å². The van der Waals surface area contributed by atoms with Gasteiger partial charge in [0.05, 0.1) is 22.9 Å². The third kappa shape index (κ3) is 4.65. The Hall–Kier alpha value is -3.23. The normalized spacial score (nSPS) is 10.5. The first-order valence-corrected chi connectivity index (χ1v) is 8.55. The van der Waals surface area contributed by atoms with Gasteiger partial charge in [-0.05, 0) is 78.4 Å². The highest BCUT2D eigenvalue weighted by atomic mass is 79.9. The molecule has 0 saturated carbocycles. The molecule has 0 aliphatic rings. The molecular weight excluding hydrogens is 392 g/mol. The highest BCUT2D eigenvalue weighted by molar-refractivity contribution is 9.10. The highest BCUT2D eigenvalue weighted by Crippen LogP contribution is 2.17. The molecule has 0 aliphatic carbocycles. The molecule has 26 heavy (non-hydrogen) atoms. The summed E-state index contributed by atoms with van der Waals surface area (Å²) < 4.78 is 6.26. The molecule has 0 fully saturated rings. The Morgan fingerprint density at radius 2 is 1.62 bits per heavy atom. The van der Waals surface area contributed by atoms with E-state index in [1.807, 2.05) is 12.1 Å². The summed E-state index contributed by atoms with van der Waals surface area (Å²) in [6.07, 6.45) is 1.71. The van der Waals surface area contributed by atoms with Gasteiger partial charge in [-0.2, -0.15) is 5.26 Å². The van der Waals surface area contributed by atoms with Gasteiger partial charge in [0.15, 0.2) is 0 Å². The summed E-state index contributed by atoms with van der Waals surface area (Å²) in [7, 11) is 0. The van der Waals surface area contributed by atoms with Crippen LogP contribution >= 0.6 is 15.9 Å². The molecule has 0 saturated heterocycles. The zero-order chi connectivity index (χ0) is 18.4. The SMILES string of the molecule is N#Cc1ccc(N=Cc2ccc(OC(=O)c3ccc(Br)cc3)cc2)cc1. The summed E-state index contributed by atoms with van der Waals surface area (Å²) in [4.78, 5) is 16.4. The number of carbonyl (C=O) groups excluding carboxylic acids is 1. The number of esters is 1. The van der Waals surface area contributed by atoms with Crippen LogP contribution in [0.25, 0.3) is 0 Å². The molecule has 3 rings (SSSR count). The minimum Gasteiger partial charge on any atom is -0.423 e. The Kier molecular flexibility index (Phi) is 5.57. The zero-order valence-electron chi connectivity index (χ0n) is 13.6. The lowest BCUT2D eigenvalue weighted by molar-refractivity contribution is 0.0735. The van der Waals surface area contributed by atoms with E-state index in [2.05, 4.69) is 27.0 Å². The van der Waals surface area contributed by atoms with Gasteiger partial charge in [-0.1, -0.05) is 15.9 Å². The van der Waals surface area contributed by atoms with E-state index >= 15 is 0 Å². The topological polar surface area (TPSA) is 62.4 Å². The van der Waals surface area contributed by atoms with Gasteiger partial charge in [0.2, 0.25) is 0 Å². The molecule has 0 heterocycles. The number of carbonyl (C=O) groups is 1. The number of nitriles is 1. The third-order valence-electron chi connectivity index (χ3n) is 3.53. The Labute approximate surface area is 159 Å². The Balaban J connectivity index is 1.64. The predicted molar refractivity (Wildman–Crippen MR) is 104 cm³/mol. The van der Waals surface area contributed by atoms with E-state index in [-0.39, 0.29) is 0 Å². The molecule has 0 N–H and O–H groups in total. The van der Waals surface area contributed by atoms with Crippen molar-refractivity contribution in [3.63, 3.8) is 0 Å². The van der Waals surface area contributed by atoms with Crippen LogP contribution in [0.3, 0.4) is 0 Å². The summed E-state index contributed by atoms with van der Waals surface area (Å²) in [5.74, 6) is 0.0601. The second kappa shape index (κ2) is 8.24. The molecule has 0 spiro atoms. The van der Waals surface area contributed by atoms with Crippen molar-refractivity contribution in [1.29, 1.82) is 5.26 Å². The summed E-state index contributed by atoms with van der Waals surface area (Å²) in [6.45, 7) is 0. The lowest BCUT2D eigenvalue weighted by Crippen LogP contribution is -2.08. The second-order valence-corrected chi connectivity index (χ2v) is 6.30. The lowest BCUT2D eigenvalue weighted by Gasteiger charge is -2.04. The molecule has 0 radical (unpaired) electrons. The number of benzene rings is 3. The summed E-state index contributed by atoms with van der Waals surface area (Å²) in [5.41, 5.74) is 2.72. The van der Waals surface area contributed by atoms with Gasteiger partial charge < -0.3 is 4.74 Å². The fourth-order valence-electron chi connectivity index (χ4n) is 2.14. The van der Waals surface area contributed by atoms with Gasteiger partial charge in [0.25, 0.3) is 0 Å². The van der Waals surface area contributed by atoms with Gasteiger partial charge >= 0.3 is 5.97 Å². The Bertz CT molecular complexity index is 971. The van der Waals surface area contributed by atoms with Crippen LogP contribution in [-0.2, 0) is 0 Å². The van der Waals surface area contributed by atoms with Gasteiger partial charge in [-0.3, -0.25) is 4.99 Å². The van der Waals surface area contributed by atoms with Crippen molar-refractivity contribution in [2.45, 2.75) is 0 Å². The predicted octanol–water partition coefficient (Wildman–Crippen LogP) is 5.29. The Morgan fingerprint density at radius 3 is 2.23 bits per heavy atom. The smallest absolute Gasteiger partial charge is 0.343 e. The molecular formula is C21H13BrN2O2. The minimum atomic E-state index is -0.406. The van der Waals surface area contributed by atoms with Gasteiger partial charge in [-0.25, -0.2) is 4.79 Å². The summed E-state index contributed by atoms with van der Waals surface area (Å²) in [6, 6.07) is 23.1. The van der Waals surface area contributed by atoms with Crippen molar-refractivity contribution < 1.29 is 9.53 Å². The van der Waals surface area contributed by atoms with E-state index in [9.17, 15) is 4.79 Å². The molecule has 0 bridgehead atoms. The van der Waals surface area contributed by atoms with Crippen LogP contribution in [0.15, 0.2) is 82.3 Å². The molecule has 5 heteroatoms. The molecule has 4 nitrogen and oxygen atoms in total. The van der Waals surface area contributed by atoms with Crippen molar-refractivity contribution >= 4 is 33.8 Å². The molecule has 3 aromatic rings. The van der Waals surface area contributed by atoms with E-state index in [4.69, 9.17) is 10.00 Å².